The molecular formula is C34H41NO8. The van der Waals surface area contributed by atoms with Gasteiger partial charge >= 0.3 is 17.9 Å². The number of carbonyl (C=O) groups excluding carboxylic acids is 3. The van der Waals surface area contributed by atoms with Crippen molar-refractivity contribution in [1.82, 2.24) is 0 Å². The molecule has 9 nitrogen and oxygen atoms in total. The Hall–Kier alpha value is -4.58. The minimum atomic E-state index is -0.558. The number of benzene rings is 2. The number of methoxy groups -OCH3 is 1. The van der Waals surface area contributed by atoms with E-state index in [1.807, 2.05) is 6.07 Å². The Bertz CT molecular complexity index is 1260. The first-order valence-electron chi connectivity index (χ1n) is 14.5. The van der Waals surface area contributed by atoms with Gasteiger partial charge in [-0.25, -0.2) is 14.4 Å². The van der Waals surface area contributed by atoms with Gasteiger partial charge in [-0.2, -0.15) is 5.26 Å². The number of unbranched alkanes of at least 4 members (excludes halogenated alkanes) is 7. The zero-order valence-corrected chi connectivity index (χ0v) is 25.1. The summed E-state index contributed by atoms with van der Waals surface area (Å²) < 4.78 is 26.7. The summed E-state index contributed by atoms with van der Waals surface area (Å²) in [6.45, 7) is 6.31. The first-order chi connectivity index (χ1) is 20.8. The van der Waals surface area contributed by atoms with Gasteiger partial charge in [-0.15, -0.1) is 0 Å². The minimum absolute atomic E-state index is 0.0347. The highest BCUT2D eigenvalue weighted by Gasteiger charge is 2.13. The van der Waals surface area contributed by atoms with Crippen molar-refractivity contribution in [2.24, 2.45) is 0 Å². The Balaban J connectivity index is 1.66. The number of hydrogen-bond acceptors (Lipinski definition) is 9. The summed E-state index contributed by atoms with van der Waals surface area (Å²) in [7, 11) is 1.46. The van der Waals surface area contributed by atoms with E-state index in [9.17, 15) is 14.4 Å². The summed E-state index contributed by atoms with van der Waals surface area (Å²) >= 11 is 0. The molecule has 0 saturated carbocycles. The summed E-state index contributed by atoms with van der Waals surface area (Å²) in [4.78, 5) is 35.7. The van der Waals surface area contributed by atoms with Crippen LogP contribution >= 0.6 is 0 Å². The average molecular weight is 592 g/mol. The average Bonchev–Trinajstić information content (AvgIpc) is 3.01. The van der Waals surface area contributed by atoms with E-state index in [1.165, 1.54) is 26.0 Å². The van der Waals surface area contributed by atoms with Crippen molar-refractivity contribution in [3.8, 4) is 23.3 Å². The smallest absolute Gasteiger partial charge is 0.343 e. The zero-order chi connectivity index (χ0) is 31.3. The molecule has 230 valence electrons. The number of nitrogens with zero attached hydrogens (tertiary/aromatic N) is 1. The lowest BCUT2D eigenvalue weighted by Gasteiger charge is -2.11. The van der Waals surface area contributed by atoms with Crippen molar-refractivity contribution in [1.29, 1.82) is 5.26 Å². The molecule has 0 amide bonds. The molecule has 0 N–H and O–H groups in total. The van der Waals surface area contributed by atoms with Crippen LogP contribution in [0.25, 0.3) is 6.08 Å². The normalized spacial score (nSPS) is 10.5. The van der Waals surface area contributed by atoms with E-state index in [4.69, 9.17) is 28.9 Å². The third kappa shape index (κ3) is 14.2. The largest absolute Gasteiger partial charge is 0.494 e. The second kappa shape index (κ2) is 20.3. The van der Waals surface area contributed by atoms with Crippen molar-refractivity contribution in [3.05, 3.63) is 71.8 Å². The highest BCUT2D eigenvalue weighted by Crippen LogP contribution is 2.29. The van der Waals surface area contributed by atoms with Crippen LogP contribution < -0.4 is 14.2 Å². The van der Waals surface area contributed by atoms with Crippen LogP contribution in [0.3, 0.4) is 0 Å². The summed E-state index contributed by atoms with van der Waals surface area (Å²) in [5.74, 6) is -0.160. The number of esters is 3. The van der Waals surface area contributed by atoms with Gasteiger partial charge in [0.05, 0.1) is 38.4 Å². The second-order valence-corrected chi connectivity index (χ2v) is 9.83. The summed E-state index contributed by atoms with van der Waals surface area (Å²) in [6, 6.07) is 13.6. The third-order valence-electron chi connectivity index (χ3n) is 6.24. The molecule has 0 heterocycles. The second-order valence-electron chi connectivity index (χ2n) is 9.83. The van der Waals surface area contributed by atoms with Crippen molar-refractivity contribution in [2.75, 3.05) is 26.9 Å². The van der Waals surface area contributed by atoms with Gasteiger partial charge in [-0.3, -0.25) is 0 Å². The van der Waals surface area contributed by atoms with E-state index < -0.39 is 11.9 Å². The van der Waals surface area contributed by atoms with E-state index in [1.54, 1.807) is 55.5 Å². The van der Waals surface area contributed by atoms with E-state index in [-0.39, 0.29) is 24.7 Å². The van der Waals surface area contributed by atoms with E-state index >= 15 is 0 Å². The predicted molar refractivity (Wildman–Crippen MR) is 163 cm³/mol. The Morgan fingerprint density at radius 3 is 2.12 bits per heavy atom. The zero-order valence-electron chi connectivity index (χ0n) is 25.1. The maximum absolute atomic E-state index is 12.7. The number of hydrogen-bond donors (Lipinski definition) is 0. The minimum Gasteiger partial charge on any atom is -0.494 e. The Kier molecular flexibility index (Phi) is 16.4. The molecule has 0 saturated heterocycles. The molecular weight excluding hydrogens is 550 g/mol. The molecule has 0 aliphatic rings. The quantitative estimate of drug-likeness (QED) is 0.0693. The van der Waals surface area contributed by atoms with E-state index in [0.717, 1.165) is 38.5 Å². The van der Waals surface area contributed by atoms with Gasteiger partial charge in [-0.1, -0.05) is 51.2 Å². The standard InChI is InChI=1S/C34H41NO8/c1-26(2)33(37)42-23-11-9-7-5-4-6-8-10-22-40-29-17-15-28(16-18-29)34(38)43-30-19-13-27(25-31(30)39-3)14-20-32(36)41-24-12-21-35/h13-20,25H,1,4-12,22-24H2,2-3H3/b20-14+. The topological polar surface area (TPSA) is 121 Å². The fourth-order valence-corrected chi connectivity index (χ4v) is 3.87. The highest BCUT2D eigenvalue weighted by atomic mass is 16.6. The van der Waals surface area contributed by atoms with E-state index in [2.05, 4.69) is 6.58 Å². The molecule has 0 aliphatic carbocycles. The van der Waals surface area contributed by atoms with E-state index in [0.29, 0.717) is 41.4 Å². The molecule has 2 aromatic rings. The Morgan fingerprint density at radius 1 is 0.837 bits per heavy atom. The molecule has 0 aromatic heterocycles. The maximum atomic E-state index is 12.7. The maximum Gasteiger partial charge on any atom is 0.343 e. The van der Waals surface area contributed by atoms with Crippen molar-refractivity contribution < 1.29 is 38.1 Å². The van der Waals surface area contributed by atoms with Gasteiger partial charge in [-0.05, 0) is 67.8 Å². The molecule has 0 fully saturated rings. The SMILES string of the molecule is C=C(C)C(=O)OCCCCCCCCCCOc1ccc(C(=O)Oc2ccc(/C=C/C(=O)OCCC#N)cc2OC)cc1. The lowest BCUT2D eigenvalue weighted by molar-refractivity contribution is -0.139. The number of carbonyl (C=O) groups is 3. The lowest BCUT2D eigenvalue weighted by atomic mass is 10.1. The van der Waals surface area contributed by atoms with Crippen LogP contribution in [0.2, 0.25) is 0 Å². The van der Waals surface area contributed by atoms with Crippen LogP contribution in [0.1, 0.15) is 80.6 Å². The van der Waals surface area contributed by atoms with Crippen LogP contribution in [0, 0.1) is 11.3 Å². The Morgan fingerprint density at radius 2 is 1.49 bits per heavy atom. The first-order valence-corrected chi connectivity index (χ1v) is 14.5. The summed E-state index contributed by atoms with van der Waals surface area (Å²) in [6.07, 6.45) is 11.5. The molecule has 0 spiro atoms. The van der Waals surface area contributed by atoms with Gasteiger partial charge in [0.1, 0.15) is 12.4 Å². The van der Waals surface area contributed by atoms with Gasteiger partial charge in [0.25, 0.3) is 0 Å². The Labute approximate surface area is 254 Å². The fourth-order valence-electron chi connectivity index (χ4n) is 3.87. The first kappa shape index (κ1) is 34.6. The molecule has 0 bridgehead atoms. The highest BCUT2D eigenvalue weighted by molar-refractivity contribution is 5.91. The van der Waals surface area contributed by atoms with Gasteiger partial charge < -0.3 is 23.7 Å². The molecule has 9 heteroatoms. The summed E-state index contributed by atoms with van der Waals surface area (Å²) in [5.41, 5.74) is 1.45. The van der Waals surface area contributed by atoms with Crippen molar-refractivity contribution >= 4 is 24.0 Å². The van der Waals surface area contributed by atoms with Crippen LogP contribution in [0.15, 0.2) is 60.7 Å². The number of ether oxygens (including phenoxy) is 5. The predicted octanol–water partition coefficient (Wildman–Crippen LogP) is 7.00. The molecule has 0 unspecified atom stereocenters. The van der Waals surface area contributed by atoms with Crippen LogP contribution in [0.5, 0.6) is 17.2 Å². The van der Waals surface area contributed by atoms with Crippen LogP contribution in [-0.2, 0) is 19.1 Å². The van der Waals surface area contributed by atoms with Crippen molar-refractivity contribution in [2.45, 2.75) is 64.7 Å². The molecule has 0 atom stereocenters. The van der Waals surface area contributed by atoms with Gasteiger partial charge in [0.15, 0.2) is 11.5 Å². The lowest BCUT2D eigenvalue weighted by Crippen LogP contribution is -2.09. The monoisotopic (exact) mass is 591 g/mol. The fraction of sp³-hybridized carbons (Fsp3) is 0.412. The molecule has 2 rings (SSSR count). The van der Waals surface area contributed by atoms with Crippen molar-refractivity contribution in [3.63, 3.8) is 0 Å². The van der Waals surface area contributed by atoms with Gasteiger partial charge in [0, 0.05) is 11.6 Å². The molecule has 0 aliphatic heterocycles. The molecule has 2 aromatic carbocycles. The molecule has 43 heavy (non-hydrogen) atoms. The van der Waals surface area contributed by atoms with Crippen LogP contribution in [-0.4, -0.2) is 44.8 Å². The number of nitriles is 1. The third-order valence-corrected chi connectivity index (χ3v) is 6.24. The van der Waals surface area contributed by atoms with Crippen LogP contribution in [0.4, 0.5) is 0 Å². The molecule has 0 radical (unpaired) electrons. The number of rotatable bonds is 20. The van der Waals surface area contributed by atoms with Gasteiger partial charge in [0.2, 0.25) is 0 Å². The summed E-state index contributed by atoms with van der Waals surface area (Å²) in [5, 5.41) is 8.50.